The molecule has 0 aromatic heterocycles. The van der Waals surface area contributed by atoms with E-state index in [2.05, 4.69) is 11.8 Å². The van der Waals surface area contributed by atoms with Gasteiger partial charge in [0.15, 0.2) is 9.84 Å². The molecule has 6 nitrogen and oxygen atoms in total. The van der Waals surface area contributed by atoms with Crippen LogP contribution in [0.25, 0.3) is 0 Å². The predicted molar refractivity (Wildman–Crippen MR) is 70.7 cm³/mol. The summed E-state index contributed by atoms with van der Waals surface area (Å²) in [4.78, 5) is 12.7. The Morgan fingerprint density at radius 3 is 2.61 bits per heavy atom. The van der Waals surface area contributed by atoms with Gasteiger partial charge in [-0.05, 0) is 26.3 Å². The average Bonchev–Trinajstić information content (AvgIpc) is 2.25. The van der Waals surface area contributed by atoms with Crippen LogP contribution in [0.5, 0.6) is 0 Å². The third-order valence-electron chi connectivity index (χ3n) is 3.40. The molecule has 1 aliphatic rings. The van der Waals surface area contributed by atoms with Crippen molar-refractivity contribution in [3.05, 3.63) is 0 Å². The van der Waals surface area contributed by atoms with E-state index >= 15 is 0 Å². The molecule has 0 aromatic carbocycles. The van der Waals surface area contributed by atoms with Crippen molar-refractivity contribution < 1.29 is 13.2 Å². The van der Waals surface area contributed by atoms with Crippen LogP contribution in [-0.2, 0) is 14.6 Å². The highest BCUT2D eigenvalue weighted by Gasteiger charge is 2.24. The fraction of sp³-hybridized carbons (Fsp3) is 0.909. The zero-order valence-electron chi connectivity index (χ0n) is 10.8. The van der Waals surface area contributed by atoms with Gasteiger partial charge in [0.1, 0.15) is 0 Å². The minimum absolute atomic E-state index is 0.0832. The zero-order valence-corrected chi connectivity index (χ0v) is 11.7. The maximum atomic E-state index is 11.7. The van der Waals surface area contributed by atoms with Crippen molar-refractivity contribution in [1.82, 2.24) is 4.90 Å². The highest BCUT2D eigenvalue weighted by atomic mass is 32.2. The molecule has 1 heterocycles. The number of carbonyl (C=O) groups excluding carboxylic acids is 1. The van der Waals surface area contributed by atoms with Gasteiger partial charge in [0.2, 0.25) is 5.91 Å². The molecule has 1 rings (SSSR count). The first-order chi connectivity index (χ1) is 8.30. The van der Waals surface area contributed by atoms with E-state index < -0.39 is 15.7 Å². The summed E-state index contributed by atoms with van der Waals surface area (Å²) in [6, 6.07) is 0.544. The second-order valence-corrected chi connectivity index (χ2v) is 7.34. The normalized spacial score (nSPS) is 26.1. The van der Waals surface area contributed by atoms with Gasteiger partial charge in [-0.25, -0.2) is 8.42 Å². The Hall–Kier alpha value is -0.660. The summed E-state index contributed by atoms with van der Waals surface area (Å²) in [5.74, 6) is -0.639. The molecule has 0 aliphatic carbocycles. The van der Waals surface area contributed by atoms with Gasteiger partial charge in [-0.2, -0.15) is 0 Å². The number of rotatable bonds is 6. The first-order valence-electron chi connectivity index (χ1n) is 6.28. The SMILES string of the molecule is CC1CC(N)CCN1CCS(=O)(=O)CCC(N)=O. The standard InChI is InChI=1S/C11H23N3O3S/c1-9-8-10(12)2-4-14(9)5-7-18(16,17)6-3-11(13)15/h9-10H,2-8,12H2,1H3,(H2,13,15). The molecule has 1 aliphatic heterocycles. The van der Waals surface area contributed by atoms with E-state index in [1.165, 1.54) is 0 Å². The average molecular weight is 277 g/mol. The number of amides is 1. The number of sulfone groups is 1. The second kappa shape index (κ2) is 6.49. The van der Waals surface area contributed by atoms with Crippen LogP contribution < -0.4 is 11.5 Å². The topological polar surface area (TPSA) is 106 Å². The monoisotopic (exact) mass is 277 g/mol. The number of nitrogens with zero attached hydrogens (tertiary/aromatic N) is 1. The fourth-order valence-corrected chi connectivity index (χ4v) is 3.43. The maximum Gasteiger partial charge on any atom is 0.218 e. The molecule has 0 aromatic rings. The summed E-state index contributed by atoms with van der Waals surface area (Å²) >= 11 is 0. The van der Waals surface area contributed by atoms with Gasteiger partial charge >= 0.3 is 0 Å². The molecular weight excluding hydrogens is 254 g/mol. The van der Waals surface area contributed by atoms with Gasteiger partial charge in [-0.3, -0.25) is 9.69 Å². The van der Waals surface area contributed by atoms with Crippen LogP contribution in [0.3, 0.4) is 0 Å². The van der Waals surface area contributed by atoms with Crippen molar-refractivity contribution in [3.8, 4) is 0 Å². The van der Waals surface area contributed by atoms with Crippen molar-refractivity contribution in [2.24, 2.45) is 11.5 Å². The molecule has 106 valence electrons. The van der Waals surface area contributed by atoms with Gasteiger partial charge < -0.3 is 11.5 Å². The molecule has 0 saturated carbocycles. The van der Waals surface area contributed by atoms with Crippen LogP contribution in [0, 0.1) is 0 Å². The van der Waals surface area contributed by atoms with Gasteiger partial charge in [-0.15, -0.1) is 0 Å². The van der Waals surface area contributed by atoms with Crippen molar-refractivity contribution in [2.45, 2.75) is 38.3 Å². The molecule has 0 bridgehead atoms. The molecule has 4 N–H and O–H groups in total. The molecule has 0 spiro atoms. The van der Waals surface area contributed by atoms with Crippen LogP contribution in [0.1, 0.15) is 26.2 Å². The second-order valence-electron chi connectivity index (χ2n) is 5.04. The van der Waals surface area contributed by atoms with Gasteiger partial charge in [0, 0.05) is 25.0 Å². The zero-order chi connectivity index (χ0) is 13.8. The smallest absolute Gasteiger partial charge is 0.218 e. The lowest BCUT2D eigenvalue weighted by molar-refractivity contribution is -0.117. The predicted octanol–water partition coefficient (Wildman–Crippen LogP) is -0.912. The van der Waals surface area contributed by atoms with Crippen LogP contribution in [-0.4, -0.2) is 55.9 Å². The van der Waals surface area contributed by atoms with E-state index in [1.54, 1.807) is 0 Å². The highest BCUT2D eigenvalue weighted by molar-refractivity contribution is 7.91. The summed E-state index contributed by atoms with van der Waals surface area (Å²) in [7, 11) is -3.19. The minimum atomic E-state index is -3.19. The Kier molecular flexibility index (Phi) is 5.55. The van der Waals surface area contributed by atoms with Crippen LogP contribution in [0.15, 0.2) is 0 Å². The Balaban J connectivity index is 2.37. The third-order valence-corrected chi connectivity index (χ3v) is 5.03. The van der Waals surface area contributed by atoms with E-state index in [4.69, 9.17) is 11.5 Å². The number of hydrogen-bond acceptors (Lipinski definition) is 5. The lowest BCUT2D eigenvalue weighted by Gasteiger charge is -2.36. The molecule has 2 unspecified atom stereocenters. The largest absolute Gasteiger partial charge is 0.370 e. The summed E-state index contributed by atoms with van der Waals surface area (Å²) in [6.45, 7) is 3.41. The Labute approximate surface area is 109 Å². The molecule has 2 atom stereocenters. The quantitative estimate of drug-likeness (QED) is 0.653. The fourth-order valence-electron chi connectivity index (χ4n) is 2.20. The van der Waals surface area contributed by atoms with Gasteiger partial charge in [0.05, 0.1) is 11.5 Å². The van der Waals surface area contributed by atoms with Crippen LogP contribution in [0.4, 0.5) is 0 Å². The number of likely N-dealkylation sites (tertiary alicyclic amines) is 1. The van der Waals surface area contributed by atoms with Crippen LogP contribution in [0.2, 0.25) is 0 Å². The molecule has 1 saturated heterocycles. The van der Waals surface area contributed by atoms with E-state index in [0.717, 1.165) is 19.4 Å². The molecule has 0 radical (unpaired) electrons. The lowest BCUT2D eigenvalue weighted by atomic mass is 9.99. The number of nitrogens with two attached hydrogens (primary N) is 2. The Bertz CT molecular complexity index is 383. The Morgan fingerprint density at radius 2 is 2.06 bits per heavy atom. The van der Waals surface area contributed by atoms with Crippen molar-refractivity contribution >= 4 is 15.7 Å². The summed E-state index contributed by atoms with van der Waals surface area (Å²) < 4.78 is 23.4. The summed E-state index contributed by atoms with van der Waals surface area (Å²) in [5.41, 5.74) is 10.8. The van der Waals surface area contributed by atoms with E-state index in [-0.39, 0.29) is 24.0 Å². The van der Waals surface area contributed by atoms with Crippen LogP contribution >= 0.6 is 0 Å². The van der Waals surface area contributed by atoms with Gasteiger partial charge in [0.25, 0.3) is 0 Å². The summed E-state index contributed by atoms with van der Waals surface area (Å²) in [6.07, 6.45) is 1.72. The number of carbonyl (C=O) groups is 1. The van der Waals surface area contributed by atoms with Crippen molar-refractivity contribution in [3.63, 3.8) is 0 Å². The molecule has 18 heavy (non-hydrogen) atoms. The first kappa shape index (κ1) is 15.4. The molecule has 7 heteroatoms. The maximum absolute atomic E-state index is 11.7. The lowest BCUT2D eigenvalue weighted by Crippen LogP contribution is -2.47. The highest BCUT2D eigenvalue weighted by Crippen LogP contribution is 2.15. The van der Waals surface area contributed by atoms with E-state index in [0.29, 0.717) is 12.6 Å². The third kappa shape index (κ3) is 5.32. The first-order valence-corrected chi connectivity index (χ1v) is 8.10. The Morgan fingerprint density at radius 1 is 1.39 bits per heavy atom. The number of piperidine rings is 1. The van der Waals surface area contributed by atoms with E-state index in [9.17, 15) is 13.2 Å². The molecular formula is C11H23N3O3S. The minimum Gasteiger partial charge on any atom is -0.370 e. The van der Waals surface area contributed by atoms with Gasteiger partial charge in [-0.1, -0.05) is 0 Å². The summed E-state index contributed by atoms with van der Waals surface area (Å²) in [5, 5.41) is 0. The number of primary amides is 1. The molecule has 1 fully saturated rings. The van der Waals surface area contributed by atoms with Crippen molar-refractivity contribution in [2.75, 3.05) is 24.6 Å². The van der Waals surface area contributed by atoms with E-state index in [1.807, 2.05) is 0 Å². The van der Waals surface area contributed by atoms with Crippen molar-refractivity contribution in [1.29, 1.82) is 0 Å². The molecule has 1 amide bonds. The number of hydrogen-bond donors (Lipinski definition) is 2.